The van der Waals surface area contributed by atoms with Crippen molar-refractivity contribution in [1.82, 2.24) is 9.88 Å². The van der Waals surface area contributed by atoms with Gasteiger partial charge in [0.15, 0.2) is 6.10 Å². The molecule has 1 amide bonds. The van der Waals surface area contributed by atoms with Gasteiger partial charge in [-0.2, -0.15) is 0 Å². The highest BCUT2D eigenvalue weighted by molar-refractivity contribution is 5.83. The van der Waals surface area contributed by atoms with Crippen molar-refractivity contribution in [2.45, 2.75) is 38.4 Å². The summed E-state index contributed by atoms with van der Waals surface area (Å²) in [6.45, 7) is 7.04. The lowest BCUT2D eigenvalue weighted by molar-refractivity contribution is -0.156. The number of nitrogen functional groups attached to an aromatic ring is 1. The van der Waals surface area contributed by atoms with E-state index in [2.05, 4.69) is 16.0 Å². The number of nitrogens with zero attached hydrogens (tertiary/aromatic N) is 3. The molecule has 2 aliphatic rings. The molecule has 0 bridgehead atoms. The summed E-state index contributed by atoms with van der Waals surface area (Å²) in [5.74, 6) is 0.964. The molecular formula is C22H28N4O2. The number of carbonyl (C=O) groups excluding carboxylic acids is 1. The SMILES string of the molecule is CCN(CC)C(=O)[C@H]1OC2(CCN(c3cc(N)ccn3)CC2)c2ccccc21. The standard InChI is InChI=1S/C22H28N4O2/c1-3-25(4-2)21(27)20-17-7-5-6-8-18(17)22(28-20)10-13-26(14-11-22)19-15-16(23)9-12-24-19/h5-9,12,15,20H,3-4,10-11,13-14H2,1-2H3,(H2,23,24)/t20-/m0/s1. The minimum Gasteiger partial charge on any atom is -0.399 e. The van der Waals surface area contributed by atoms with Crippen molar-refractivity contribution in [2.24, 2.45) is 0 Å². The van der Waals surface area contributed by atoms with Crippen LogP contribution in [0.5, 0.6) is 0 Å². The van der Waals surface area contributed by atoms with Gasteiger partial charge in [0, 0.05) is 44.1 Å². The molecule has 1 atom stereocenters. The minimum atomic E-state index is -0.506. The molecule has 2 aliphatic heterocycles. The van der Waals surface area contributed by atoms with E-state index in [1.54, 1.807) is 12.3 Å². The van der Waals surface area contributed by atoms with Crippen LogP contribution in [0.2, 0.25) is 0 Å². The quantitative estimate of drug-likeness (QED) is 0.882. The van der Waals surface area contributed by atoms with E-state index in [-0.39, 0.29) is 5.91 Å². The Morgan fingerprint density at radius 2 is 1.96 bits per heavy atom. The van der Waals surface area contributed by atoms with E-state index >= 15 is 0 Å². The molecule has 6 heteroatoms. The molecular weight excluding hydrogens is 352 g/mol. The Labute approximate surface area is 166 Å². The van der Waals surface area contributed by atoms with Crippen molar-refractivity contribution in [2.75, 3.05) is 36.8 Å². The van der Waals surface area contributed by atoms with Crippen LogP contribution in [0.15, 0.2) is 42.6 Å². The number of pyridine rings is 1. The smallest absolute Gasteiger partial charge is 0.256 e. The summed E-state index contributed by atoms with van der Waals surface area (Å²) in [7, 11) is 0. The number of carbonyl (C=O) groups is 1. The number of fused-ring (bicyclic) bond motifs is 2. The van der Waals surface area contributed by atoms with Gasteiger partial charge in [0.25, 0.3) is 5.91 Å². The molecule has 4 rings (SSSR count). The predicted octanol–water partition coefficient (Wildman–Crippen LogP) is 3.10. The van der Waals surface area contributed by atoms with Crippen LogP contribution in [0.25, 0.3) is 0 Å². The zero-order valence-corrected chi connectivity index (χ0v) is 16.6. The molecule has 1 spiro atoms. The van der Waals surface area contributed by atoms with Gasteiger partial charge in [0.2, 0.25) is 0 Å². The van der Waals surface area contributed by atoms with Gasteiger partial charge in [-0.3, -0.25) is 4.79 Å². The van der Waals surface area contributed by atoms with E-state index in [1.165, 1.54) is 5.56 Å². The molecule has 1 aromatic heterocycles. The van der Waals surface area contributed by atoms with Crippen molar-refractivity contribution in [3.05, 3.63) is 53.7 Å². The summed E-state index contributed by atoms with van der Waals surface area (Å²) in [6, 6.07) is 11.9. The highest BCUT2D eigenvalue weighted by Gasteiger charge is 2.49. The van der Waals surface area contributed by atoms with Gasteiger partial charge in [-0.1, -0.05) is 24.3 Å². The van der Waals surface area contributed by atoms with Crippen molar-refractivity contribution in [3.63, 3.8) is 0 Å². The Balaban J connectivity index is 1.58. The second-order valence-corrected chi connectivity index (χ2v) is 7.52. The highest BCUT2D eigenvalue weighted by Crippen LogP contribution is 2.50. The summed E-state index contributed by atoms with van der Waals surface area (Å²) >= 11 is 0. The van der Waals surface area contributed by atoms with Gasteiger partial charge >= 0.3 is 0 Å². The molecule has 1 fully saturated rings. The van der Waals surface area contributed by atoms with Crippen LogP contribution in [-0.2, 0) is 15.1 Å². The van der Waals surface area contributed by atoms with Crippen LogP contribution in [-0.4, -0.2) is 42.0 Å². The number of anilines is 2. The zero-order chi connectivity index (χ0) is 19.7. The minimum absolute atomic E-state index is 0.0641. The maximum Gasteiger partial charge on any atom is 0.256 e. The number of hydrogen-bond donors (Lipinski definition) is 1. The van der Waals surface area contributed by atoms with E-state index in [0.717, 1.165) is 43.0 Å². The van der Waals surface area contributed by atoms with E-state index in [1.807, 2.05) is 43.0 Å². The lowest BCUT2D eigenvalue weighted by atomic mass is 9.83. The molecule has 6 nitrogen and oxygen atoms in total. The number of hydrogen-bond acceptors (Lipinski definition) is 5. The highest BCUT2D eigenvalue weighted by atomic mass is 16.5. The van der Waals surface area contributed by atoms with Gasteiger partial charge < -0.3 is 20.3 Å². The Kier molecular flexibility index (Phi) is 4.98. The number of aromatic nitrogens is 1. The third kappa shape index (κ3) is 3.11. The molecule has 2 aromatic rings. The number of piperidine rings is 1. The van der Waals surface area contributed by atoms with Crippen molar-refractivity contribution in [3.8, 4) is 0 Å². The number of amides is 1. The molecule has 0 aliphatic carbocycles. The lowest BCUT2D eigenvalue weighted by Gasteiger charge is -2.40. The maximum atomic E-state index is 13.1. The monoisotopic (exact) mass is 380 g/mol. The first kappa shape index (κ1) is 18.7. The van der Waals surface area contributed by atoms with Gasteiger partial charge in [-0.15, -0.1) is 0 Å². The Hall–Kier alpha value is -2.60. The van der Waals surface area contributed by atoms with Crippen LogP contribution in [0, 0.1) is 0 Å². The van der Waals surface area contributed by atoms with Gasteiger partial charge in [0.05, 0.1) is 5.60 Å². The topological polar surface area (TPSA) is 71.7 Å². The van der Waals surface area contributed by atoms with Gasteiger partial charge in [0.1, 0.15) is 5.82 Å². The average Bonchev–Trinajstić information content (AvgIpc) is 3.04. The van der Waals surface area contributed by atoms with E-state index in [4.69, 9.17) is 10.5 Å². The summed E-state index contributed by atoms with van der Waals surface area (Å²) in [5.41, 5.74) is 8.43. The van der Waals surface area contributed by atoms with E-state index in [0.29, 0.717) is 13.1 Å². The molecule has 1 saturated heterocycles. The fourth-order valence-electron chi connectivity index (χ4n) is 4.47. The second kappa shape index (κ2) is 7.43. The third-order valence-corrected chi connectivity index (χ3v) is 6.04. The number of nitrogens with two attached hydrogens (primary N) is 1. The van der Waals surface area contributed by atoms with Crippen LogP contribution in [0.4, 0.5) is 11.5 Å². The molecule has 0 saturated carbocycles. The summed E-state index contributed by atoms with van der Waals surface area (Å²) in [6.07, 6.45) is 2.88. The molecule has 28 heavy (non-hydrogen) atoms. The number of ether oxygens (including phenoxy) is 1. The molecule has 3 heterocycles. The Morgan fingerprint density at radius 1 is 1.25 bits per heavy atom. The average molecular weight is 380 g/mol. The molecule has 148 valence electrons. The number of rotatable bonds is 4. The second-order valence-electron chi connectivity index (χ2n) is 7.52. The van der Waals surface area contributed by atoms with E-state index in [9.17, 15) is 4.79 Å². The number of likely N-dealkylation sites (N-methyl/N-ethyl adjacent to an activating group) is 1. The van der Waals surface area contributed by atoms with Crippen molar-refractivity contribution in [1.29, 1.82) is 0 Å². The first-order chi connectivity index (χ1) is 13.6. The summed E-state index contributed by atoms with van der Waals surface area (Å²) < 4.78 is 6.55. The van der Waals surface area contributed by atoms with E-state index < -0.39 is 11.7 Å². The Morgan fingerprint density at radius 3 is 2.64 bits per heavy atom. The zero-order valence-electron chi connectivity index (χ0n) is 16.6. The van der Waals surface area contributed by atoms with Gasteiger partial charge in [-0.05, 0) is 43.9 Å². The summed E-state index contributed by atoms with van der Waals surface area (Å²) in [4.78, 5) is 21.6. The first-order valence-electron chi connectivity index (χ1n) is 10.1. The first-order valence-corrected chi connectivity index (χ1v) is 10.1. The number of benzene rings is 1. The van der Waals surface area contributed by atoms with Crippen molar-refractivity contribution >= 4 is 17.4 Å². The fourth-order valence-corrected chi connectivity index (χ4v) is 4.47. The van der Waals surface area contributed by atoms with Crippen LogP contribution in [0.3, 0.4) is 0 Å². The molecule has 2 N–H and O–H groups in total. The third-order valence-electron chi connectivity index (χ3n) is 6.04. The van der Waals surface area contributed by atoms with Crippen LogP contribution < -0.4 is 10.6 Å². The maximum absolute atomic E-state index is 13.1. The van der Waals surface area contributed by atoms with Crippen LogP contribution in [0.1, 0.15) is 43.9 Å². The fraction of sp³-hybridized carbons (Fsp3) is 0.455. The molecule has 0 unspecified atom stereocenters. The largest absolute Gasteiger partial charge is 0.399 e. The molecule has 1 aromatic carbocycles. The van der Waals surface area contributed by atoms with Crippen molar-refractivity contribution < 1.29 is 9.53 Å². The lowest BCUT2D eigenvalue weighted by Crippen LogP contribution is -2.44. The normalized spacial score (nSPS) is 20.2. The van der Waals surface area contributed by atoms with Crippen LogP contribution >= 0.6 is 0 Å². The molecule has 0 radical (unpaired) electrons. The summed E-state index contributed by atoms with van der Waals surface area (Å²) in [5, 5.41) is 0. The Bertz CT molecular complexity index is 857. The predicted molar refractivity (Wildman–Crippen MR) is 110 cm³/mol. The van der Waals surface area contributed by atoms with Gasteiger partial charge in [-0.25, -0.2) is 4.98 Å².